The van der Waals surface area contributed by atoms with Crippen LogP contribution in [-0.4, -0.2) is 44.8 Å². The van der Waals surface area contributed by atoms with Crippen LogP contribution in [0.5, 0.6) is 0 Å². The van der Waals surface area contributed by atoms with Gasteiger partial charge >= 0.3 is 5.97 Å². The summed E-state index contributed by atoms with van der Waals surface area (Å²) in [6.45, 7) is 3.30. The molecule has 0 saturated heterocycles. The van der Waals surface area contributed by atoms with E-state index in [-0.39, 0.29) is 5.69 Å². The van der Waals surface area contributed by atoms with E-state index in [4.69, 9.17) is 5.11 Å². The second kappa shape index (κ2) is 5.78. The Bertz CT molecular complexity index is 664. The van der Waals surface area contributed by atoms with Crippen LogP contribution in [0, 0.1) is 6.92 Å². The Hall–Kier alpha value is -2.63. The number of para-hydroxylation sites is 1. The van der Waals surface area contributed by atoms with Crippen LogP contribution in [0.3, 0.4) is 0 Å². The molecule has 21 heavy (non-hydrogen) atoms. The van der Waals surface area contributed by atoms with Crippen molar-refractivity contribution in [3.63, 3.8) is 0 Å². The van der Waals surface area contributed by atoms with Crippen LogP contribution in [0.2, 0.25) is 0 Å². The van der Waals surface area contributed by atoms with Gasteiger partial charge in [0, 0.05) is 12.7 Å². The maximum absolute atomic E-state index is 12.3. The quantitative estimate of drug-likeness (QED) is 0.929. The molecule has 1 heterocycles. The molecule has 110 valence electrons. The Morgan fingerprint density at radius 2 is 1.90 bits per heavy atom. The largest absolute Gasteiger partial charge is 0.480 e. The normalized spacial score (nSPS) is 12.0. The number of aliphatic carboxylic acids is 1. The molecule has 6 heteroatoms. The molecular weight excluding hydrogens is 270 g/mol. The first-order valence-electron chi connectivity index (χ1n) is 6.54. The minimum Gasteiger partial charge on any atom is -0.480 e. The summed E-state index contributed by atoms with van der Waals surface area (Å²) < 4.78 is 1.66. The molecule has 1 aromatic carbocycles. The fraction of sp³-hybridized carbons (Fsp3) is 0.267. The van der Waals surface area contributed by atoms with Gasteiger partial charge in [-0.25, -0.2) is 9.48 Å². The van der Waals surface area contributed by atoms with Crippen molar-refractivity contribution < 1.29 is 14.7 Å². The van der Waals surface area contributed by atoms with Crippen molar-refractivity contribution in [1.82, 2.24) is 14.7 Å². The van der Waals surface area contributed by atoms with Gasteiger partial charge in [-0.05, 0) is 32.0 Å². The molecular formula is C15H17N3O3. The molecule has 0 aliphatic heterocycles. The average Bonchev–Trinajstić information content (AvgIpc) is 2.87. The van der Waals surface area contributed by atoms with Crippen LogP contribution in [0.15, 0.2) is 36.4 Å². The Morgan fingerprint density at radius 1 is 1.29 bits per heavy atom. The van der Waals surface area contributed by atoms with Gasteiger partial charge in [0.2, 0.25) is 0 Å². The zero-order valence-electron chi connectivity index (χ0n) is 12.1. The number of rotatable bonds is 4. The van der Waals surface area contributed by atoms with Crippen LogP contribution in [0.25, 0.3) is 5.69 Å². The second-order valence-corrected chi connectivity index (χ2v) is 4.85. The van der Waals surface area contributed by atoms with Crippen molar-refractivity contribution in [3.8, 4) is 5.69 Å². The van der Waals surface area contributed by atoms with Gasteiger partial charge in [0.05, 0.1) is 5.69 Å². The van der Waals surface area contributed by atoms with Crippen molar-refractivity contribution >= 4 is 11.9 Å². The summed E-state index contributed by atoms with van der Waals surface area (Å²) in [6, 6.07) is 10.2. The maximum atomic E-state index is 12.3. The van der Waals surface area contributed by atoms with E-state index in [1.54, 1.807) is 10.7 Å². The third-order valence-corrected chi connectivity index (χ3v) is 3.37. The summed E-state index contributed by atoms with van der Waals surface area (Å²) in [5.74, 6) is -1.47. The van der Waals surface area contributed by atoms with Crippen LogP contribution < -0.4 is 0 Å². The lowest BCUT2D eigenvalue weighted by Crippen LogP contribution is -2.40. The predicted molar refractivity (Wildman–Crippen MR) is 77.5 cm³/mol. The zero-order valence-corrected chi connectivity index (χ0v) is 12.1. The van der Waals surface area contributed by atoms with Gasteiger partial charge in [-0.2, -0.15) is 5.10 Å². The number of aryl methyl sites for hydroxylation is 1. The minimum atomic E-state index is -1.05. The van der Waals surface area contributed by atoms with E-state index in [1.807, 2.05) is 37.3 Å². The number of carbonyl (C=O) groups is 2. The Balaban J connectivity index is 2.31. The minimum absolute atomic E-state index is 0.229. The molecule has 0 aliphatic carbocycles. The molecule has 2 rings (SSSR count). The summed E-state index contributed by atoms with van der Waals surface area (Å²) in [6.07, 6.45) is 0. The highest BCUT2D eigenvalue weighted by Crippen LogP contribution is 2.13. The molecule has 0 spiro atoms. The van der Waals surface area contributed by atoms with E-state index in [2.05, 4.69) is 5.10 Å². The molecule has 1 N–H and O–H groups in total. The highest BCUT2D eigenvalue weighted by molar-refractivity contribution is 5.94. The van der Waals surface area contributed by atoms with E-state index in [0.717, 1.165) is 11.4 Å². The second-order valence-electron chi connectivity index (χ2n) is 4.85. The Morgan fingerprint density at radius 3 is 2.48 bits per heavy atom. The van der Waals surface area contributed by atoms with Gasteiger partial charge in [0.1, 0.15) is 6.04 Å². The molecule has 0 radical (unpaired) electrons. The lowest BCUT2D eigenvalue weighted by Gasteiger charge is -2.20. The number of hydrogen-bond acceptors (Lipinski definition) is 3. The first-order chi connectivity index (χ1) is 9.91. The lowest BCUT2D eigenvalue weighted by atomic mass is 10.2. The number of nitrogens with zero attached hydrogens (tertiary/aromatic N) is 3. The van der Waals surface area contributed by atoms with E-state index >= 15 is 0 Å². The van der Waals surface area contributed by atoms with Gasteiger partial charge in [0.25, 0.3) is 5.91 Å². The number of likely N-dealkylation sites (N-methyl/N-ethyl adjacent to an activating group) is 1. The van der Waals surface area contributed by atoms with Crippen molar-refractivity contribution in [2.45, 2.75) is 19.9 Å². The van der Waals surface area contributed by atoms with Gasteiger partial charge in [0.15, 0.2) is 5.69 Å². The van der Waals surface area contributed by atoms with Crippen LogP contribution >= 0.6 is 0 Å². The molecule has 1 atom stereocenters. The standard InChI is InChI=1S/C15H17N3O3/c1-10-9-13(14(19)17(3)11(2)15(20)21)16-18(10)12-7-5-4-6-8-12/h4-9,11H,1-3H3,(H,20,21). The summed E-state index contributed by atoms with van der Waals surface area (Å²) >= 11 is 0. The molecule has 1 amide bonds. The van der Waals surface area contributed by atoms with E-state index in [9.17, 15) is 9.59 Å². The van der Waals surface area contributed by atoms with Crippen molar-refractivity contribution in [1.29, 1.82) is 0 Å². The van der Waals surface area contributed by atoms with Crippen molar-refractivity contribution in [2.24, 2.45) is 0 Å². The maximum Gasteiger partial charge on any atom is 0.326 e. The van der Waals surface area contributed by atoms with E-state index < -0.39 is 17.9 Å². The first-order valence-corrected chi connectivity index (χ1v) is 6.54. The fourth-order valence-electron chi connectivity index (χ4n) is 1.93. The van der Waals surface area contributed by atoms with Gasteiger partial charge in [-0.3, -0.25) is 4.79 Å². The van der Waals surface area contributed by atoms with Gasteiger partial charge in [-0.15, -0.1) is 0 Å². The first kappa shape index (κ1) is 14.8. The van der Waals surface area contributed by atoms with Gasteiger partial charge in [-0.1, -0.05) is 18.2 Å². The topological polar surface area (TPSA) is 75.4 Å². The predicted octanol–water partition coefficient (Wildman–Crippen LogP) is 1.73. The van der Waals surface area contributed by atoms with Crippen molar-refractivity contribution in [2.75, 3.05) is 7.05 Å². The van der Waals surface area contributed by atoms with Crippen LogP contribution in [0.1, 0.15) is 23.1 Å². The van der Waals surface area contributed by atoms with Crippen LogP contribution in [-0.2, 0) is 4.79 Å². The molecule has 1 unspecified atom stereocenters. The van der Waals surface area contributed by atoms with E-state index in [0.29, 0.717) is 0 Å². The summed E-state index contributed by atoms with van der Waals surface area (Å²) in [7, 11) is 1.46. The fourth-order valence-corrected chi connectivity index (χ4v) is 1.93. The molecule has 0 bridgehead atoms. The molecule has 0 saturated carbocycles. The van der Waals surface area contributed by atoms with Crippen LogP contribution in [0.4, 0.5) is 0 Å². The summed E-state index contributed by atoms with van der Waals surface area (Å²) in [5, 5.41) is 13.2. The number of aromatic nitrogens is 2. The number of benzene rings is 1. The number of hydrogen-bond donors (Lipinski definition) is 1. The highest BCUT2D eigenvalue weighted by Gasteiger charge is 2.25. The highest BCUT2D eigenvalue weighted by atomic mass is 16.4. The summed E-state index contributed by atoms with van der Waals surface area (Å²) in [5.41, 5.74) is 1.89. The van der Waals surface area contributed by atoms with E-state index in [1.165, 1.54) is 18.9 Å². The Kier molecular flexibility index (Phi) is 4.07. The molecule has 0 fully saturated rings. The third kappa shape index (κ3) is 2.94. The smallest absolute Gasteiger partial charge is 0.326 e. The number of carboxylic acids is 1. The average molecular weight is 287 g/mol. The number of amides is 1. The van der Waals surface area contributed by atoms with Crippen molar-refractivity contribution in [3.05, 3.63) is 47.8 Å². The monoisotopic (exact) mass is 287 g/mol. The zero-order chi connectivity index (χ0) is 15.6. The molecule has 2 aromatic rings. The Labute approximate surface area is 122 Å². The lowest BCUT2D eigenvalue weighted by molar-refractivity contribution is -0.141. The molecule has 0 aliphatic rings. The number of carbonyl (C=O) groups excluding carboxylic acids is 1. The molecule has 1 aromatic heterocycles. The van der Waals surface area contributed by atoms with Gasteiger partial charge < -0.3 is 10.0 Å². The third-order valence-electron chi connectivity index (χ3n) is 3.37. The molecule has 6 nitrogen and oxygen atoms in total. The number of carboxylic acid groups (broad SMARTS) is 1. The summed E-state index contributed by atoms with van der Waals surface area (Å²) in [4.78, 5) is 24.4. The SMILES string of the molecule is Cc1cc(C(=O)N(C)C(C)C(=O)O)nn1-c1ccccc1.